The normalized spacial score (nSPS) is 15.4. The van der Waals surface area contributed by atoms with Gasteiger partial charge in [-0.25, -0.2) is 0 Å². The fourth-order valence-corrected chi connectivity index (χ4v) is 2.91. The Bertz CT molecular complexity index is 627. The molecule has 0 bridgehead atoms. The molecule has 1 N–H and O–H groups in total. The van der Waals surface area contributed by atoms with Gasteiger partial charge in [-0.05, 0) is 18.1 Å². The summed E-state index contributed by atoms with van der Waals surface area (Å²) in [5.41, 5.74) is 0.846. The standard InChI is InChI=1S/C18H22ClN3O2/c1-2-8-20-17(23)14-21-9-5-10-22(12-11-21)18(24)13-15-6-3-4-7-16(15)19/h1,3-4,6-7H,5,8-14H2,(H,20,23). The van der Waals surface area contributed by atoms with Crippen LogP contribution in [-0.4, -0.2) is 60.9 Å². The molecule has 0 spiro atoms. The van der Waals surface area contributed by atoms with Crippen molar-refractivity contribution in [2.24, 2.45) is 0 Å². The predicted octanol–water partition coefficient (Wildman–Crippen LogP) is 1.17. The Labute approximate surface area is 147 Å². The zero-order chi connectivity index (χ0) is 17.4. The summed E-state index contributed by atoms with van der Waals surface area (Å²) in [5, 5.41) is 3.28. The van der Waals surface area contributed by atoms with E-state index in [2.05, 4.69) is 16.1 Å². The molecular weight excluding hydrogens is 326 g/mol. The number of terminal acetylenes is 1. The molecule has 1 aliphatic rings. The molecule has 6 heteroatoms. The second-order valence-corrected chi connectivity index (χ2v) is 6.17. The number of carbonyl (C=O) groups excluding carboxylic acids is 2. The van der Waals surface area contributed by atoms with Gasteiger partial charge < -0.3 is 10.2 Å². The Hall–Kier alpha value is -2.03. The zero-order valence-corrected chi connectivity index (χ0v) is 14.4. The van der Waals surface area contributed by atoms with E-state index in [4.69, 9.17) is 18.0 Å². The summed E-state index contributed by atoms with van der Waals surface area (Å²) in [6.07, 6.45) is 6.28. The number of halogens is 1. The lowest BCUT2D eigenvalue weighted by molar-refractivity contribution is -0.130. The number of hydrogen-bond acceptors (Lipinski definition) is 3. The molecule has 2 rings (SSSR count). The minimum Gasteiger partial charge on any atom is -0.344 e. The molecule has 128 valence electrons. The summed E-state index contributed by atoms with van der Waals surface area (Å²) in [4.78, 5) is 28.1. The number of rotatable bonds is 5. The van der Waals surface area contributed by atoms with E-state index < -0.39 is 0 Å². The number of benzene rings is 1. The van der Waals surface area contributed by atoms with Crippen LogP contribution in [0.4, 0.5) is 0 Å². The van der Waals surface area contributed by atoms with Crippen LogP contribution in [-0.2, 0) is 16.0 Å². The third-order valence-electron chi connectivity index (χ3n) is 4.00. The summed E-state index contributed by atoms with van der Waals surface area (Å²) in [7, 11) is 0. The topological polar surface area (TPSA) is 52.7 Å². The van der Waals surface area contributed by atoms with Gasteiger partial charge in [-0.15, -0.1) is 6.42 Å². The number of amides is 2. The summed E-state index contributed by atoms with van der Waals surface area (Å²) < 4.78 is 0. The molecule has 1 saturated heterocycles. The molecule has 1 fully saturated rings. The Balaban J connectivity index is 1.84. The Morgan fingerprint density at radius 2 is 2.00 bits per heavy atom. The maximum Gasteiger partial charge on any atom is 0.234 e. The van der Waals surface area contributed by atoms with Crippen LogP contribution in [0.25, 0.3) is 0 Å². The maximum atomic E-state index is 12.5. The van der Waals surface area contributed by atoms with E-state index in [1.807, 2.05) is 23.1 Å². The van der Waals surface area contributed by atoms with Crippen LogP contribution >= 0.6 is 11.6 Å². The number of nitrogens with one attached hydrogen (secondary N) is 1. The van der Waals surface area contributed by atoms with Gasteiger partial charge in [-0.2, -0.15) is 0 Å². The van der Waals surface area contributed by atoms with Crippen molar-refractivity contribution in [3.8, 4) is 12.3 Å². The van der Waals surface area contributed by atoms with Crippen LogP contribution in [0.2, 0.25) is 5.02 Å². The summed E-state index contributed by atoms with van der Waals surface area (Å²) >= 11 is 6.12. The van der Waals surface area contributed by atoms with Crippen molar-refractivity contribution >= 4 is 23.4 Å². The summed E-state index contributed by atoms with van der Waals surface area (Å²) in [6.45, 7) is 3.35. The number of hydrogen-bond donors (Lipinski definition) is 1. The van der Waals surface area contributed by atoms with E-state index in [9.17, 15) is 9.59 Å². The van der Waals surface area contributed by atoms with Gasteiger partial charge in [0.25, 0.3) is 0 Å². The molecule has 5 nitrogen and oxygen atoms in total. The average Bonchev–Trinajstić information content (AvgIpc) is 2.80. The van der Waals surface area contributed by atoms with Crippen molar-refractivity contribution in [2.75, 3.05) is 39.3 Å². The van der Waals surface area contributed by atoms with Crippen molar-refractivity contribution in [2.45, 2.75) is 12.8 Å². The van der Waals surface area contributed by atoms with Gasteiger partial charge in [0.05, 0.1) is 19.5 Å². The van der Waals surface area contributed by atoms with E-state index in [1.54, 1.807) is 6.07 Å². The molecule has 1 aromatic carbocycles. The van der Waals surface area contributed by atoms with Gasteiger partial charge in [-0.1, -0.05) is 35.7 Å². The quantitative estimate of drug-likeness (QED) is 0.813. The first-order valence-corrected chi connectivity index (χ1v) is 8.41. The minimum absolute atomic E-state index is 0.0710. The SMILES string of the molecule is C#CCNC(=O)CN1CCCN(C(=O)Cc2ccccc2Cl)CC1. The molecule has 0 atom stereocenters. The second kappa shape index (κ2) is 9.31. The highest BCUT2D eigenvalue weighted by atomic mass is 35.5. The van der Waals surface area contributed by atoms with Gasteiger partial charge in [0.15, 0.2) is 0 Å². The van der Waals surface area contributed by atoms with Crippen molar-refractivity contribution in [3.63, 3.8) is 0 Å². The first-order valence-electron chi connectivity index (χ1n) is 8.04. The summed E-state index contributed by atoms with van der Waals surface area (Å²) in [6, 6.07) is 7.40. The molecule has 0 unspecified atom stereocenters. The van der Waals surface area contributed by atoms with E-state index in [1.165, 1.54) is 0 Å². The van der Waals surface area contributed by atoms with Crippen molar-refractivity contribution in [3.05, 3.63) is 34.9 Å². The highest BCUT2D eigenvalue weighted by Gasteiger charge is 2.21. The van der Waals surface area contributed by atoms with Gasteiger partial charge in [-0.3, -0.25) is 14.5 Å². The monoisotopic (exact) mass is 347 g/mol. The molecule has 0 aromatic heterocycles. The molecule has 0 saturated carbocycles. The first kappa shape index (κ1) is 18.3. The number of carbonyl (C=O) groups is 2. The fourth-order valence-electron chi connectivity index (χ4n) is 2.70. The van der Waals surface area contributed by atoms with Gasteiger partial charge in [0.2, 0.25) is 11.8 Å². The predicted molar refractivity (Wildman–Crippen MR) is 94.6 cm³/mol. The smallest absolute Gasteiger partial charge is 0.234 e. The van der Waals surface area contributed by atoms with Gasteiger partial charge >= 0.3 is 0 Å². The third kappa shape index (κ3) is 5.55. The fraction of sp³-hybridized carbons (Fsp3) is 0.444. The van der Waals surface area contributed by atoms with Crippen LogP contribution in [0, 0.1) is 12.3 Å². The molecule has 0 aliphatic carbocycles. The average molecular weight is 348 g/mol. The maximum absolute atomic E-state index is 12.5. The second-order valence-electron chi connectivity index (χ2n) is 5.76. The Morgan fingerprint density at radius 1 is 1.21 bits per heavy atom. The van der Waals surface area contributed by atoms with Crippen LogP contribution in [0.5, 0.6) is 0 Å². The molecule has 2 amide bonds. The lowest BCUT2D eigenvalue weighted by atomic mass is 10.1. The van der Waals surface area contributed by atoms with Crippen molar-refractivity contribution < 1.29 is 9.59 Å². The number of nitrogens with zero attached hydrogens (tertiary/aromatic N) is 2. The minimum atomic E-state index is -0.0798. The third-order valence-corrected chi connectivity index (χ3v) is 4.36. The molecule has 24 heavy (non-hydrogen) atoms. The molecular formula is C18H22ClN3O2. The van der Waals surface area contributed by atoms with E-state index in [0.717, 1.165) is 18.5 Å². The van der Waals surface area contributed by atoms with E-state index in [-0.39, 0.29) is 18.4 Å². The van der Waals surface area contributed by atoms with Crippen LogP contribution in [0.1, 0.15) is 12.0 Å². The molecule has 0 radical (unpaired) electrons. The van der Waals surface area contributed by atoms with Crippen LogP contribution in [0.3, 0.4) is 0 Å². The molecule has 1 heterocycles. The zero-order valence-electron chi connectivity index (χ0n) is 13.6. The Kier molecular flexibility index (Phi) is 7.10. The lowest BCUT2D eigenvalue weighted by Gasteiger charge is -2.22. The van der Waals surface area contributed by atoms with E-state index in [0.29, 0.717) is 37.6 Å². The molecule has 1 aliphatic heterocycles. The van der Waals surface area contributed by atoms with Gasteiger partial charge in [0, 0.05) is 31.2 Å². The Morgan fingerprint density at radius 3 is 2.75 bits per heavy atom. The summed E-state index contributed by atoms with van der Waals surface area (Å²) in [5.74, 6) is 2.37. The highest BCUT2D eigenvalue weighted by molar-refractivity contribution is 6.31. The molecule has 1 aromatic rings. The van der Waals surface area contributed by atoms with Crippen LogP contribution < -0.4 is 5.32 Å². The lowest BCUT2D eigenvalue weighted by Crippen LogP contribution is -2.40. The van der Waals surface area contributed by atoms with Gasteiger partial charge in [0.1, 0.15) is 0 Å². The first-order chi connectivity index (χ1) is 11.6. The van der Waals surface area contributed by atoms with Crippen molar-refractivity contribution in [1.82, 2.24) is 15.1 Å². The van der Waals surface area contributed by atoms with Crippen molar-refractivity contribution in [1.29, 1.82) is 0 Å². The van der Waals surface area contributed by atoms with E-state index >= 15 is 0 Å². The van der Waals surface area contributed by atoms with Crippen LogP contribution in [0.15, 0.2) is 24.3 Å². The highest BCUT2D eigenvalue weighted by Crippen LogP contribution is 2.16. The largest absolute Gasteiger partial charge is 0.344 e.